The third-order valence-electron chi connectivity index (χ3n) is 4.22. The maximum Gasteiger partial charge on any atom is 0.335 e. The van der Waals surface area contributed by atoms with Gasteiger partial charge in [-0.05, 0) is 35.8 Å². The fourth-order valence-corrected chi connectivity index (χ4v) is 3.29. The second kappa shape index (κ2) is 8.95. The van der Waals surface area contributed by atoms with Gasteiger partial charge in [-0.15, -0.1) is 11.3 Å². The molecule has 0 aliphatic rings. The molecule has 0 bridgehead atoms. The Balaban J connectivity index is 1.73. The van der Waals surface area contributed by atoms with Gasteiger partial charge in [0, 0.05) is 10.9 Å². The highest BCUT2D eigenvalue weighted by atomic mass is 32.1. The molecule has 0 atom stereocenters. The van der Waals surface area contributed by atoms with Gasteiger partial charge in [-0.25, -0.2) is 9.78 Å². The first-order chi connectivity index (χ1) is 14.0. The number of thiazole rings is 1. The molecule has 1 heterocycles. The minimum Gasteiger partial charge on any atom is -0.478 e. The molecule has 3 rings (SSSR count). The summed E-state index contributed by atoms with van der Waals surface area (Å²) in [6.07, 6.45) is 2.36. The van der Waals surface area contributed by atoms with Crippen LogP contribution in [0.5, 0.6) is 0 Å². The monoisotopic (exact) mass is 403 g/mol. The number of aryl methyl sites for hydroxylation is 1. The fraction of sp³-hybridized carbons (Fsp3) is 0.0909. The molecule has 2 N–H and O–H groups in total. The average molecular weight is 403 g/mol. The van der Waals surface area contributed by atoms with E-state index < -0.39 is 11.9 Å². The maximum atomic E-state index is 12.4. The lowest BCUT2D eigenvalue weighted by Gasteiger charge is -2.01. The zero-order valence-corrected chi connectivity index (χ0v) is 16.4. The molecule has 1 amide bonds. The number of nitrogens with one attached hydrogen (secondary N) is 1. The number of aromatic carboxylic acids is 1. The summed E-state index contributed by atoms with van der Waals surface area (Å²) in [5, 5.41) is 23.1. The van der Waals surface area contributed by atoms with E-state index in [0.29, 0.717) is 10.7 Å². The van der Waals surface area contributed by atoms with Crippen molar-refractivity contribution in [3.8, 4) is 17.3 Å². The molecule has 0 spiro atoms. The topological polar surface area (TPSA) is 103 Å². The Hall–Kier alpha value is -3.76. The fourth-order valence-electron chi connectivity index (χ4n) is 2.58. The molecule has 29 heavy (non-hydrogen) atoms. The van der Waals surface area contributed by atoms with Gasteiger partial charge >= 0.3 is 5.97 Å². The van der Waals surface area contributed by atoms with E-state index in [1.807, 2.05) is 35.7 Å². The van der Waals surface area contributed by atoms with Crippen LogP contribution in [0.4, 0.5) is 5.13 Å². The van der Waals surface area contributed by atoms with Crippen molar-refractivity contribution in [2.75, 3.05) is 5.32 Å². The number of nitrogens with zero attached hydrogens (tertiary/aromatic N) is 2. The number of benzene rings is 2. The number of amides is 1. The van der Waals surface area contributed by atoms with Crippen LogP contribution in [0, 0.1) is 11.3 Å². The van der Waals surface area contributed by atoms with Gasteiger partial charge in [-0.2, -0.15) is 5.26 Å². The van der Waals surface area contributed by atoms with Gasteiger partial charge in [-0.1, -0.05) is 43.3 Å². The number of carbonyl (C=O) groups is 2. The summed E-state index contributed by atoms with van der Waals surface area (Å²) >= 11 is 1.28. The molecule has 2 aromatic carbocycles. The molecular weight excluding hydrogens is 386 g/mol. The first kappa shape index (κ1) is 20.0. The summed E-state index contributed by atoms with van der Waals surface area (Å²) in [5.74, 6) is -1.61. The number of anilines is 1. The Morgan fingerprint density at radius 1 is 1.17 bits per heavy atom. The van der Waals surface area contributed by atoms with Gasteiger partial charge in [0.25, 0.3) is 5.91 Å². The number of rotatable bonds is 6. The summed E-state index contributed by atoms with van der Waals surface area (Å²) in [7, 11) is 0. The number of nitriles is 1. The van der Waals surface area contributed by atoms with E-state index in [2.05, 4.69) is 17.2 Å². The third-order valence-corrected chi connectivity index (χ3v) is 4.97. The number of carboxylic acids is 1. The highest BCUT2D eigenvalue weighted by Crippen LogP contribution is 2.25. The van der Waals surface area contributed by atoms with Crippen molar-refractivity contribution >= 4 is 34.4 Å². The number of aromatic nitrogens is 1. The quantitative estimate of drug-likeness (QED) is 0.462. The minimum absolute atomic E-state index is 0.0999. The summed E-state index contributed by atoms with van der Waals surface area (Å²) in [4.78, 5) is 27.7. The molecule has 0 unspecified atom stereocenters. The van der Waals surface area contributed by atoms with Crippen LogP contribution in [-0.4, -0.2) is 22.0 Å². The number of hydrogen-bond donors (Lipinski definition) is 2. The second-order valence-corrected chi connectivity index (χ2v) is 7.00. The largest absolute Gasteiger partial charge is 0.478 e. The van der Waals surface area contributed by atoms with Crippen LogP contribution in [0.25, 0.3) is 17.3 Å². The summed E-state index contributed by atoms with van der Waals surface area (Å²) < 4.78 is 0. The highest BCUT2D eigenvalue weighted by molar-refractivity contribution is 7.14. The first-order valence-electron chi connectivity index (χ1n) is 8.81. The van der Waals surface area contributed by atoms with Crippen LogP contribution in [0.1, 0.15) is 28.4 Å². The molecule has 144 valence electrons. The molecule has 0 radical (unpaired) electrons. The van der Waals surface area contributed by atoms with Gasteiger partial charge in [-0.3, -0.25) is 10.1 Å². The van der Waals surface area contributed by atoms with Gasteiger partial charge in [0.05, 0.1) is 11.3 Å². The zero-order chi connectivity index (χ0) is 20.8. The second-order valence-electron chi connectivity index (χ2n) is 6.14. The predicted octanol–water partition coefficient (Wildman–Crippen LogP) is 4.62. The standard InChI is InChI=1S/C22H17N3O3S/c1-2-14-3-7-16(8-4-14)19-13-29-22(24-19)25-20(26)18(12-23)11-15-5-9-17(10-6-15)21(27)28/h3-11,13H,2H2,1H3,(H,27,28)(H,24,25,26)/b18-11+. The van der Waals surface area contributed by atoms with E-state index in [4.69, 9.17) is 5.11 Å². The Morgan fingerprint density at radius 3 is 2.45 bits per heavy atom. The minimum atomic E-state index is -1.04. The number of carbonyl (C=O) groups excluding carboxylic acids is 1. The molecule has 0 saturated carbocycles. The lowest BCUT2D eigenvalue weighted by molar-refractivity contribution is -0.112. The van der Waals surface area contributed by atoms with Gasteiger partial charge < -0.3 is 5.11 Å². The Bertz CT molecular complexity index is 1110. The Kier molecular flexibility index (Phi) is 6.17. The average Bonchev–Trinajstić information content (AvgIpc) is 3.20. The van der Waals surface area contributed by atoms with Gasteiger partial charge in [0.1, 0.15) is 11.6 Å². The molecule has 3 aromatic rings. The highest BCUT2D eigenvalue weighted by Gasteiger charge is 2.13. The van der Waals surface area contributed by atoms with E-state index in [-0.39, 0.29) is 11.1 Å². The predicted molar refractivity (Wildman–Crippen MR) is 113 cm³/mol. The van der Waals surface area contributed by atoms with Gasteiger partial charge in [0.2, 0.25) is 0 Å². The van der Waals surface area contributed by atoms with Crippen molar-refractivity contribution in [2.24, 2.45) is 0 Å². The molecule has 6 nitrogen and oxygen atoms in total. The lowest BCUT2D eigenvalue weighted by atomic mass is 10.1. The number of hydrogen-bond acceptors (Lipinski definition) is 5. The van der Waals surface area contributed by atoms with Crippen LogP contribution in [0.2, 0.25) is 0 Å². The summed E-state index contributed by atoms with van der Waals surface area (Å²) in [5.41, 5.74) is 3.52. The van der Waals surface area contributed by atoms with Gasteiger partial charge in [0.15, 0.2) is 5.13 Å². The van der Waals surface area contributed by atoms with Crippen molar-refractivity contribution in [3.05, 3.63) is 76.2 Å². The van der Waals surface area contributed by atoms with Crippen molar-refractivity contribution < 1.29 is 14.7 Å². The maximum absolute atomic E-state index is 12.4. The van der Waals surface area contributed by atoms with E-state index in [9.17, 15) is 14.9 Å². The van der Waals surface area contributed by atoms with E-state index in [1.165, 1.54) is 47.2 Å². The van der Waals surface area contributed by atoms with Crippen LogP contribution in [0.15, 0.2) is 59.5 Å². The lowest BCUT2D eigenvalue weighted by Crippen LogP contribution is -2.13. The first-order valence-corrected chi connectivity index (χ1v) is 9.69. The molecule has 1 aromatic heterocycles. The van der Waals surface area contributed by atoms with Crippen LogP contribution in [-0.2, 0) is 11.2 Å². The summed E-state index contributed by atoms with van der Waals surface area (Å²) in [6.45, 7) is 2.09. The van der Waals surface area contributed by atoms with Crippen molar-refractivity contribution in [3.63, 3.8) is 0 Å². The van der Waals surface area contributed by atoms with Crippen molar-refractivity contribution in [2.45, 2.75) is 13.3 Å². The number of carboxylic acid groups (broad SMARTS) is 1. The molecule has 0 aliphatic carbocycles. The van der Waals surface area contributed by atoms with Crippen molar-refractivity contribution in [1.82, 2.24) is 4.98 Å². The third kappa shape index (κ3) is 4.94. The molecular formula is C22H17N3O3S. The van der Waals surface area contributed by atoms with E-state index in [1.54, 1.807) is 0 Å². The Morgan fingerprint density at radius 2 is 1.86 bits per heavy atom. The normalized spacial score (nSPS) is 11.0. The summed E-state index contributed by atoms with van der Waals surface area (Å²) in [6, 6.07) is 15.8. The van der Waals surface area contributed by atoms with Crippen LogP contribution in [0.3, 0.4) is 0 Å². The van der Waals surface area contributed by atoms with Crippen LogP contribution < -0.4 is 5.32 Å². The van der Waals surface area contributed by atoms with E-state index >= 15 is 0 Å². The molecule has 0 fully saturated rings. The van der Waals surface area contributed by atoms with Crippen LogP contribution >= 0.6 is 11.3 Å². The smallest absolute Gasteiger partial charge is 0.335 e. The Labute approximate surface area is 171 Å². The zero-order valence-electron chi connectivity index (χ0n) is 15.5. The van der Waals surface area contributed by atoms with E-state index in [0.717, 1.165) is 17.7 Å². The SMILES string of the molecule is CCc1ccc(-c2csc(NC(=O)/C(C#N)=C/c3ccc(C(=O)O)cc3)n2)cc1. The molecule has 7 heteroatoms. The molecule has 0 aliphatic heterocycles. The molecule has 0 saturated heterocycles. The van der Waals surface area contributed by atoms with Crippen molar-refractivity contribution in [1.29, 1.82) is 5.26 Å².